The standard InChI is InChI=1S/C51H36N4S2/c1-3-12-31(13-4-1)49-52-50(32-14-5-2-6-15-32)54-51(53-49)40-18-11-21-45-48(40)41-28-33(23-27-44(41)56-45)34-22-25-38-39-26-24-35(30-47(39)57-46(38)29-34)55-42-19-9-7-16-36(42)37-17-8-10-20-43(37)55/h1-30,49-54H. The fourth-order valence-corrected chi connectivity index (χ4v) is 11.4. The first kappa shape index (κ1) is 33.1. The molecule has 272 valence electrons. The number of hydrogen-bond donors (Lipinski definition) is 3. The van der Waals surface area contributed by atoms with Gasteiger partial charge in [0.25, 0.3) is 0 Å². The molecule has 8 aromatic carbocycles. The summed E-state index contributed by atoms with van der Waals surface area (Å²) in [5.74, 6) is 0. The maximum atomic E-state index is 3.92. The zero-order valence-electron chi connectivity index (χ0n) is 30.8. The molecule has 0 saturated carbocycles. The van der Waals surface area contributed by atoms with Crippen LogP contribution in [0.1, 0.15) is 35.2 Å². The van der Waals surface area contributed by atoms with Gasteiger partial charge in [0.2, 0.25) is 0 Å². The van der Waals surface area contributed by atoms with Crippen molar-refractivity contribution in [3.63, 3.8) is 0 Å². The minimum absolute atomic E-state index is 0.0236. The molecule has 1 aliphatic rings. The highest BCUT2D eigenvalue weighted by Gasteiger charge is 2.31. The van der Waals surface area contributed by atoms with E-state index in [0.717, 1.165) is 0 Å². The first-order chi connectivity index (χ1) is 28.2. The molecule has 4 heterocycles. The van der Waals surface area contributed by atoms with Crippen LogP contribution < -0.4 is 16.0 Å². The van der Waals surface area contributed by atoms with Gasteiger partial charge < -0.3 is 4.57 Å². The number of nitrogens with zero attached hydrogens (tertiary/aromatic N) is 1. The van der Waals surface area contributed by atoms with Gasteiger partial charge in [-0.2, -0.15) is 0 Å². The molecule has 1 saturated heterocycles. The lowest BCUT2D eigenvalue weighted by atomic mass is 9.98. The second-order valence-corrected chi connectivity index (χ2v) is 17.2. The van der Waals surface area contributed by atoms with E-state index in [1.54, 1.807) is 0 Å². The van der Waals surface area contributed by atoms with E-state index in [4.69, 9.17) is 0 Å². The number of nitrogens with one attached hydrogen (secondary N) is 3. The molecule has 0 amide bonds. The molecule has 1 fully saturated rings. The Balaban J connectivity index is 0.942. The molecular weight excluding hydrogens is 733 g/mol. The number of benzene rings is 8. The van der Waals surface area contributed by atoms with E-state index in [0.29, 0.717) is 0 Å². The Kier molecular flexibility index (Phi) is 7.68. The number of fused-ring (bicyclic) bond motifs is 9. The number of aromatic nitrogens is 1. The minimum atomic E-state index is -0.0749. The number of rotatable bonds is 5. The molecule has 2 unspecified atom stereocenters. The third-order valence-corrected chi connectivity index (χ3v) is 14.0. The molecule has 6 heteroatoms. The van der Waals surface area contributed by atoms with Gasteiger partial charge in [0, 0.05) is 56.8 Å². The second kappa shape index (κ2) is 13.2. The highest BCUT2D eigenvalue weighted by Crippen LogP contribution is 2.43. The van der Waals surface area contributed by atoms with Crippen LogP contribution in [0.2, 0.25) is 0 Å². The summed E-state index contributed by atoms with van der Waals surface area (Å²) in [5, 5.41) is 19.5. The predicted octanol–water partition coefficient (Wildman–Crippen LogP) is 13.4. The van der Waals surface area contributed by atoms with Crippen molar-refractivity contribution in [2.45, 2.75) is 18.5 Å². The molecule has 4 nitrogen and oxygen atoms in total. The summed E-state index contributed by atoms with van der Waals surface area (Å²) in [6.45, 7) is 0. The summed E-state index contributed by atoms with van der Waals surface area (Å²) in [4.78, 5) is 0. The van der Waals surface area contributed by atoms with E-state index in [9.17, 15) is 0 Å². The van der Waals surface area contributed by atoms with Crippen molar-refractivity contribution in [2.24, 2.45) is 0 Å². The van der Waals surface area contributed by atoms with Gasteiger partial charge >= 0.3 is 0 Å². The maximum absolute atomic E-state index is 3.92. The molecule has 0 radical (unpaired) electrons. The van der Waals surface area contributed by atoms with Crippen molar-refractivity contribution in [2.75, 3.05) is 0 Å². The third kappa shape index (κ3) is 5.45. The van der Waals surface area contributed by atoms with Gasteiger partial charge in [-0.15, -0.1) is 22.7 Å². The summed E-state index contributed by atoms with van der Waals surface area (Å²) in [6, 6.07) is 66.6. The Morgan fingerprint density at radius 3 is 1.63 bits per heavy atom. The van der Waals surface area contributed by atoms with Crippen molar-refractivity contribution >= 4 is 84.8 Å². The lowest BCUT2D eigenvalue weighted by Crippen LogP contribution is -2.54. The Bertz CT molecular complexity index is 3210. The van der Waals surface area contributed by atoms with Crippen LogP contribution in [0.25, 0.3) is 79.0 Å². The zero-order valence-corrected chi connectivity index (χ0v) is 32.4. The minimum Gasteiger partial charge on any atom is -0.309 e. The van der Waals surface area contributed by atoms with Crippen LogP contribution in [0.5, 0.6) is 0 Å². The average molecular weight is 769 g/mol. The topological polar surface area (TPSA) is 41.0 Å². The highest BCUT2D eigenvalue weighted by atomic mass is 32.1. The summed E-state index contributed by atoms with van der Waals surface area (Å²) in [6.07, 6.45) is -0.122. The lowest BCUT2D eigenvalue weighted by Gasteiger charge is -2.40. The van der Waals surface area contributed by atoms with E-state index in [-0.39, 0.29) is 18.5 Å². The Morgan fingerprint density at radius 1 is 0.368 bits per heavy atom. The third-order valence-electron chi connectivity index (χ3n) is 11.7. The fraction of sp³-hybridized carbons (Fsp3) is 0.0588. The molecule has 57 heavy (non-hydrogen) atoms. The first-order valence-electron chi connectivity index (χ1n) is 19.5. The number of hydrogen-bond acceptors (Lipinski definition) is 5. The van der Waals surface area contributed by atoms with Crippen molar-refractivity contribution in [3.8, 4) is 16.8 Å². The first-order valence-corrected chi connectivity index (χ1v) is 21.2. The van der Waals surface area contributed by atoms with E-state index in [1.165, 1.54) is 95.7 Å². The average Bonchev–Trinajstić information content (AvgIpc) is 3.95. The zero-order chi connectivity index (χ0) is 37.5. The molecule has 0 spiro atoms. The van der Waals surface area contributed by atoms with Crippen molar-refractivity contribution in [3.05, 3.63) is 199 Å². The van der Waals surface area contributed by atoms with Gasteiger partial charge in [-0.3, -0.25) is 16.0 Å². The van der Waals surface area contributed by atoms with Crippen molar-refractivity contribution < 1.29 is 0 Å². The molecule has 0 bridgehead atoms. The van der Waals surface area contributed by atoms with E-state index >= 15 is 0 Å². The van der Waals surface area contributed by atoms with E-state index in [1.807, 2.05) is 22.7 Å². The molecule has 12 rings (SSSR count). The Labute approximate surface area is 337 Å². The number of para-hydroxylation sites is 2. The molecule has 0 aliphatic carbocycles. The SMILES string of the molecule is c1ccc(C2NC(c3ccccc3)NC(c3cccc4sc5ccc(-c6ccc7c(c6)sc6cc(-n8c9ccccc9c9ccccc98)ccc67)cc5c34)N2)cc1. The van der Waals surface area contributed by atoms with Crippen LogP contribution in [0.15, 0.2) is 182 Å². The largest absolute Gasteiger partial charge is 0.309 e. The summed E-state index contributed by atoms with van der Waals surface area (Å²) in [5.41, 5.74) is 9.83. The van der Waals surface area contributed by atoms with Crippen LogP contribution in [0.3, 0.4) is 0 Å². The van der Waals surface area contributed by atoms with Gasteiger partial charge in [0.15, 0.2) is 0 Å². The molecular formula is C51H36N4S2. The van der Waals surface area contributed by atoms with Gasteiger partial charge in [-0.05, 0) is 76.3 Å². The number of thiophene rings is 2. The Hall–Kier alpha value is -6.12. The van der Waals surface area contributed by atoms with Crippen LogP contribution in [0, 0.1) is 0 Å². The Morgan fingerprint density at radius 2 is 0.930 bits per heavy atom. The maximum Gasteiger partial charge on any atom is 0.0871 e. The monoisotopic (exact) mass is 768 g/mol. The fourth-order valence-electron chi connectivity index (χ4n) is 9.06. The summed E-state index contributed by atoms with van der Waals surface area (Å²) in [7, 11) is 0. The quantitative estimate of drug-likeness (QED) is 0.163. The molecule has 11 aromatic rings. The van der Waals surface area contributed by atoms with Gasteiger partial charge in [0.1, 0.15) is 0 Å². The molecule has 1 aliphatic heterocycles. The van der Waals surface area contributed by atoms with Gasteiger partial charge in [0.05, 0.1) is 29.5 Å². The van der Waals surface area contributed by atoms with Crippen LogP contribution in [-0.4, -0.2) is 4.57 Å². The second-order valence-electron chi connectivity index (χ2n) is 15.0. The highest BCUT2D eigenvalue weighted by molar-refractivity contribution is 7.26. The van der Waals surface area contributed by atoms with E-state index < -0.39 is 0 Å². The predicted molar refractivity (Wildman–Crippen MR) is 243 cm³/mol. The van der Waals surface area contributed by atoms with Crippen molar-refractivity contribution in [1.29, 1.82) is 0 Å². The van der Waals surface area contributed by atoms with Gasteiger partial charge in [-0.25, -0.2) is 0 Å². The smallest absolute Gasteiger partial charge is 0.0871 e. The van der Waals surface area contributed by atoms with Crippen LogP contribution in [-0.2, 0) is 0 Å². The summed E-state index contributed by atoms with van der Waals surface area (Å²) < 4.78 is 7.62. The molecule has 2 atom stereocenters. The van der Waals surface area contributed by atoms with Crippen LogP contribution in [0.4, 0.5) is 0 Å². The molecule has 3 aromatic heterocycles. The van der Waals surface area contributed by atoms with Gasteiger partial charge in [-0.1, -0.05) is 133 Å². The lowest BCUT2D eigenvalue weighted by molar-refractivity contribution is 0.204. The van der Waals surface area contributed by atoms with Crippen LogP contribution >= 0.6 is 22.7 Å². The summed E-state index contributed by atoms with van der Waals surface area (Å²) >= 11 is 3.76. The van der Waals surface area contributed by atoms with E-state index in [2.05, 4.69) is 203 Å². The molecule has 3 N–H and O–H groups in total. The normalized spacial score (nSPS) is 17.4. The van der Waals surface area contributed by atoms with Crippen molar-refractivity contribution in [1.82, 2.24) is 20.5 Å².